The summed E-state index contributed by atoms with van der Waals surface area (Å²) in [6.45, 7) is 5.22. The Morgan fingerprint density at radius 3 is 2.44 bits per heavy atom. The van der Waals surface area contributed by atoms with E-state index in [1.807, 2.05) is 56.3 Å². The van der Waals surface area contributed by atoms with Crippen molar-refractivity contribution in [3.05, 3.63) is 53.6 Å². The quantitative estimate of drug-likeness (QED) is 0.545. The van der Waals surface area contributed by atoms with Gasteiger partial charge in [0.1, 0.15) is 11.3 Å². The molecule has 2 aromatic carbocycles. The lowest BCUT2D eigenvalue weighted by Crippen LogP contribution is -2.58. The molecule has 192 valence electrons. The Balaban J connectivity index is 1.61. The molecule has 2 N–H and O–H groups in total. The van der Waals surface area contributed by atoms with Crippen molar-refractivity contribution >= 4 is 11.9 Å². The second-order valence-electron chi connectivity index (χ2n) is 10.1. The molecule has 36 heavy (non-hydrogen) atoms. The molecule has 2 aromatic rings. The van der Waals surface area contributed by atoms with E-state index < -0.39 is 23.5 Å². The summed E-state index contributed by atoms with van der Waals surface area (Å²) in [6, 6.07) is 12.7. The number of carbonyl (C=O) groups excluding carboxylic acids is 1. The average Bonchev–Trinajstić information content (AvgIpc) is 3.51. The van der Waals surface area contributed by atoms with Crippen LogP contribution in [0.25, 0.3) is 0 Å². The van der Waals surface area contributed by atoms with Gasteiger partial charge in [-0.2, -0.15) is 0 Å². The first-order chi connectivity index (χ1) is 17.4. The van der Waals surface area contributed by atoms with Crippen LogP contribution >= 0.6 is 0 Å². The van der Waals surface area contributed by atoms with Gasteiger partial charge in [0.2, 0.25) is 12.7 Å². The third-order valence-electron chi connectivity index (χ3n) is 8.03. The Kier molecular flexibility index (Phi) is 6.55. The van der Waals surface area contributed by atoms with Gasteiger partial charge in [-0.05, 0) is 67.5 Å². The van der Waals surface area contributed by atoms with E-state index in [1.54, 1.807) is 7.11 Å². The van der Waals surface area contributed by atoms with Crippen molar-refractivity contribution in [2.45, 2.75) is 50.6 Å². The first-order valence-corrected chi connectivity index (χ1v) is 12.7. The molecule has 3 aliphatic rings. The number of rotatable bonds is 9. The molecule has 1 saturated carbocycles. The highest BCUT2D eigenvalue weighted by atomic mass is 16.7. The van der Waals surface area contributed by atoms with E-state index in [9.17, 15) is 14.7 Å². The fourth-order valence-electron chi connectivity index (χ4n) is 5.90. The van der Waals surface area contributed by atoms with Gasteiger partial charge in [0.15, 0.2) is 11.5 Å². The van der Waals surface area contributed by atoms with Gasteiger partial charge in [-0.25, -0.2) is 0 Å². The number of hydrogen-bond acceptors (Lipinski definition) is 6. The SMILES string of the molecule is CCCNC(=O)C(C)(C1CC1)N1CC(c2ccc3c(c2)OCO3)C(C(=O)O)C1c1ccc(OC)cc1. The number of likely N-dealkylation sites (tertiary alicyclic amines) is 1. The van der Waals surface area contributed by atoms with Gasteiger partial charge >= 0.3 is 5.97 Å². The van der Waals surface area contributed by atoms with Crippen LogP contribution in [0.15, 0.2) is 42.5 Å². The number of hydrogen-bond donors (Lipinski definition) is 2. The molecule has 0 aromatic heterocycles. The number of benzene rings is 2. The van der Waals surface area contributed by atoms with Crippen molar-refractivity contribution < 1.29 is 28.9 Å². The van der Waals surface area contributed by atoms with Gasteiger partial charge < -0.3 is 24.6 Å². The average molecular weight is 495 g/mol. The highest BCUT2D eigenvalue weighted by molar-refractivity contribution is 5.87. The fourth-order valence-corrected chi connectivity index (χ4v) is 5.90. The summed E-state index contributed by atoms with van der Waals surface area (Å²) in [7, 11) is 1.61. The van der Waals surface area contributed by atoms with Crippen LogP contribution in [0.3, 0.4) is 0 Å². The third kappa shape index (κ3) is 4.17. The Morgan fingerprint density at radius 1 is 1.11 bits per heavy atom. The molecule has 2 aliphatic heterocycles. The molecule has 8 nitrogen and oxygen atoms in total. The van der Waals surface area contributed by atoms with Crippen molar-refractivity contribution in [1.82, 2.24) is 10.2 Å². The van der Waals surface area contributed by atoms with Gasteiger partial charge in [0, 0.05) is 25.0 Å². The molecule has 1 amide bonds. The van der Waals surface area contributed by atoms with E-state index in [1.165, 1.54) is 0 Å². The zero-order chi connectivity index (χ0) is 25.4. The molecule has 4 atom stereocenters. The fraction of sp³-hybridized carbons (Fsp3) is 0.500. The van der Waals surface area contributed by atoms with Gasteiger partial charge in [-0.15, -0.1) is 0 Å². The summed E-state index contributed by atoms with van der Waals surface area (Å²) in [4.78, 5) is 28.8. The number of fused-ring (bicyclic) bond motifs is 1. The van der Waals surface area contributed by atoms with E-state index >= 15 is 0 Å². The number of carboxylic acid groups (broad SMARTS) is 1. The van der Waals surface area contributed by atoms with Gasteiger partial charge in [0.05, 0.1) is 13.0 Å². The van der Waals surface area contributed by atoms with Crippen LogP contribution in [-0.4, -0.2) is 54.4 Å². The van der Waals surface area contributed by atoms with Crippen LogP contribution in [-0.2, 0) is 9.59 Å². The van der Waals surface area contributed by atoms with Crippen molar-refractivity contribution in [2.75, 3.05) is 27.0 Å². The molecular formula is C28H34N2O6. The minimum atomic E-state index is -0.881. The standard InChI is InChI=1S/C28H34N2O6/c1-4-13-29-27(33)28(2,19-8-9-19)30-15-21(18-7-12-22-23(14-18)36-16-35-22)24(26(31)32)25(30)17-5-10-20(34-3)11-6-17/h5-7,10-12,14,19,21,24-25H,4,8-9,13,15-16H2,1-3H3,(H,29,33)(H,31,32). The van der Waals surface area contributed by atoms with Crippen molar-refractivity contribution in [3.8, 4) is 17.2 Å². The molecule has 8 heteroatoms. The minimum Gasteiger partial charge on any atom is -0.497 e. The number of aliphatic carboxylic acids is 1. The number of ether oxygens (including phenoxy) is 3. The Hall–Kier alpha value is -3.26. The van der Waals surface area contributed by atoms with Crippen LogP contribution < -0.4 is 19.5 Å². The Labute approximate surface area is 211 Å². The van der Waals surface area contributed by atoms with Crippen molar-refractivity contribution in [2.24, 2.45) is 11.8 Å². The summed E-state index contributed by atoms with van der Waals surface area (Å²) in [6.07, 6.45) is 2.74. The molecule has 4 unspecified atom stereocenters. The predicted molar refractivity (Wildman–Crippen MR) is 133 cm³/mol. The van der Waals surface area contributed by atoms with E-state index in [0.717, 1.165) is 30.4 Å². The zero-order valence-corrected chi connectivity index (χ0v) is 21.0. The second kappa shape index (κ2) is 9.65. The molecule has 0 bridgehead atoms. The van der Waals surface area contributed by atoms with Gasteiger partial charge in [-0.3, -0.25) is 14.5 Å². The highest BCUT2D eigenvalue weighted by Gasteiger charge is 2.59. The normalized spacial score (nSPS) is 24.8. The van der Waals surface area contributed by atoms with E-state index in [4.69, 9.17) is 14.2 Å². The number of carbonyl (C=O) groups is 2. The monoisotopic (exact) mass is 494 g/mol. The number of methoxy groups -OCH3 is 1. The van der Waals surface area contributed by atoms with Crippen molar-refractivity contribution in [1.29, 1.82) is 0 Å². The third-order valence-corrected chi connectivity index (χ3v) is 8.03. The summed E-state index contributed by atoms with van der Waals surface area (Å²) in [5.41, 5.74) is 0.917. The maximum absolute atomic E-state index is 13.7. The van der Waals surface area contributed by atoms with Crippen LogP contribution in [0.1, 0.15) is 56.2 Å². The smallest absolute Gasteiger partial charge is 0.309 e. The number of nitrogens with one attached hydrogen (secondary N) is 1. The van der Waals surface area contributed by atoms with Crippen LogP contribution in [0.4, 0.5) is 0 Å². The first-order valence-electron chi connectivity index (χ1n) is 12.7. The van der Waals surface area contributed by atoms with E-state index in [2.05, 4.69) is 10.2 Å². The van der Waals surface area contributed by atoms with Gasteiger partial charge in [0.25, 0.3) is 0 Å². The molecule has 1 aliphatic carbocycles. The molecular weight excluding hydrogens is 460 g/mol. The summed E-state index contributed by atoms with van der Waals surface area (Å²) >= 11 is 0. The molecule has 5 rings (SSSR count). The molecule has 1 saturated heterocycles. The number of carboxylic acids is 1. The van der Waals surface area contributed by atoms with Crippen LogP contribution in [0, 0.1) is 11.8 Å². The highest BCUT2D eigenvalue weighted by Crippen LogP contribution is 2.55. The lowest BCUT2D eigenvalue weighted by molar-refractivity contribution is -0.145. The minimum absolute atomic E-state index is 0.0270. The van der Waals surface area contributed by atoms with E-state index in [-0.39, 0.29) is 24.5 Å². The van der Waals surface area contributed by atoms with Crippen molar-refractivity contribution in [3.63, 3.8) is 0 Å². The maximum Gasteiger partial charge on any atom is 0.309 e. The summed E-state index contributed by atoms with van der Waals surface area (Å²) in [5, 5.41) is 13.7. The summed E-state index contributed by atoms with van der Waals surface area (Å²) in [5.74, 6) is 0.176. The van der Waals surface area contributed by atoms with Crippen LogP contribution in [0.5, 0.6) is 17.2 Å². The van der Waals surface area contributed by atoms with E-state index in [0.29, 0.717) is 30.3 Å². The topological polar surface area (TPSA) is 97.3 Å². The number of nitrogens with zero attached hydrogens (tertiary/aromatic N) is 1. The number of amides is 1. The first kappa shape index (κ1) is 24.4. The molecule has 0 radical (unpaired) electrons. The Bertz CT molecular complexity index is 1130. The molecule has 0 spiro atoms. The summed E-state index contributed by atoms with van der Waals surface area (Å²) < 4.78 is 16.4. The predicted octanol–water partition coefficient (Wildman–Crippen LogP) is 3.96. The van der Waals surface area contributed by atoms with Gasteiger partial charge in [-0.1, -0.05) is 25.1 Å². The molecule has 2 heterocycles. The second-order valence-corrected chi connectivity index (χ2v) is 10.1. The maximum atomic E-state index is 13.7. The lowest BCUT2D eigenvalue weighted by atomic mass is 9.82. The van der Waals surface area contributed by atoms with Crippen LogP contribution in [0.2, 0.25) is 0 Å². The zero-order valence-electron chi connectivity index (χ0n) is 21.0. The molecule has 2 fully saturated rings. The largest absolute Gasteiger partial charge is 0.497 e. The lowest BCUT2D eigenvalue weighted by Gasteiger charge is -2.42. The Morgan fingerprint density at radius 2 is 1.81 bits per heavy atom.